The lowest BCUT2D eigenvalue weighted by Gasteiger charge is -2.11. The first-order valence-electron chi connectivity index (χ1n) is 5.19. The Hall–Kier alpha value is -1.02. The number of hydrogen-bond acceptors (Lipinski definition) is 2. The molecular formula is C12H19NO. The Morgan fingerprint density at radius 2 is 2.07 bits per heavy atom. The number of anilines is 1. The van der Waals surface area contributed by atoms with Crippen molar-refractivity contribution in [3.05, 3.63) is 29.8 Å². The molecule has 1 aromatic carbocycles. The van der Waals surface area contributed by atoms with E-state index in [1.807, 2.05) is 18.2 Å². The molecule has 0 amide bonds. The second-order valence-corrected chi connectivity index (χ2v) is 3.54. The van der Waals surface area contributed by atoms with E-state index < -0.39 is 0 Å². The van der Waals surface area contributed by atoms with Crippen molar-refractivity contribution in [2.45, 2.75) is 32.8 Å². The summed E-state index contributed by atoms with van der Waals surface area (Å²) in [5.74, 6) is 0. The van der Waals surface area contributed by atoms with Crippen molar-refractivity contribution in [1.29, 1.82) is 0 Å². The van der Waals surface area contributed by atoms with Gasteiger partial charge in [-0.3, -0.25) is 0 Å². The molecular weight excluding hydrogens is 174 g/mol. The second kappa shape index (κ2) is 5.66. The van der Waals surface area contributed by atoms with Gasteiger partial charge < -0.3 is 10.5 Å². The number of ether oxygens (including phenoxy) is 1. The first kappa shape index (κ1) is 11.1. The highest BCUT2D eigenvalue weighted by atomic mass is 16.5. The Labute approximate surface area is 86.1 Å². The van der Waals surface area contributed by atoms with Crippen LogP contribution < -0.4 is 5.73 Å². The van der Waals surface area contributed by atoms with Crippen LogP contribution in [-0.2, 0) is 11.2 Å². The Kier molecular flexibility index (Phi) is 4.47. The standard InChI is InChI=1S/C12H19NO/c1-3-10(2)14-9-8-11-6-4-5-7-12(11)13/h4-7,10H,3,8-9,13H2,1-2H3. The van der Waals surface area contributed by atoms with Crippen LogP contribution in [0.3, 0.4) is 0 Å². The average molecular weight is 193 g/mol. The first-order chi connectivity index (χ1) is 6.74. The highest BCUT2D eigenvalue weighted by Gasteiger charge is 2.00. The number of hydrogen-bond donors (Lipinski definition) is 1. The lowest BCUT2D eigenvalue weighted by atomic mass is 10.1. The van der Waals surface area contributed by atoms with Gasteiger partial charge in [0.05, 0.1) is 12.7 Å². The van der Waals surface area contributed by atoms with Gasteiger partial charge in [0.2, 0.25) is 0 Å². The first-order valence-corrected chi connectivity index (χ1v) is 5.19. The molecule has 0 bridgehead atoms. The van der Waals surface area contributed by atoms with Gasteiger partial charge in [-0.1, -0.05) is 25.1 Å². The molecule has 0 aliphatic rings. The quantitative estimate of drug-likeness (QED) is 0.729. The molecule has 78 valence electrons. The smallest absolute Gasteiger partial charge is 0.0544 e. The third kappa shape index (κ3) is 3.38. The molecule has 1 atom stereocenters. The molecule has 1 rings (SSSR count). The molecule has 0 spiro atoms. The summed E-state index contributed by atoms with van der Waals surface area (Å²) < 4.78 is 5.59. The largest absolute Gasteiger partial charge is 0.399 e. The van der Waals surface area contributed by atoms with E-state index in [4.69, 9.17) is 10.5 Å². The maximum atomic E-state index is 5.81. The van der Waals surface area contributed by atoms with Gasteiger partial charge >= 0.3 is 0 Å². The van der Waals surface area contributed by atoms with Crippen molar-refractivity contribution in [3.63, 3.8) is 0 Å². The normalized spacial score (nSPS) is 12.7. The van der Waals surface area contributed by atoms with E-state index in [0.717, 1.165) is 25.1 Å². The lowest BCUT2D eigenvalue weighted by Crippen LogP contribution is -2.09. The van der Waals surface area contributed by atoms with Gasteiger partial charge in [0.25, 0.3) is 0 Å². The van der Waals surface area contributed by atoms with Gasteiger partial charge in [-0.25, -0.2) is 0 Å². The molecule has 0 saturated carbocycles. The predicted octanol–water partition coefficient (Wildman–Crippen LogP) is 2.63. The minimum atomic E-state index is 0.347. The summed E-state index contributed by atoms with van der Waals surface area (Å²) in [5.41, 5.74) is 7.85. The molecule has 0 aromatic heterocycles. The van der Waals surface area contributed by atoms with Crippen molar-refractivity contribution in [1.82, 2.24) is 0 Å². The fourth-order valence-electron chi connectivity index (χ4n) is 1.25. The van der Waals surface area contributed by atoms with Crippen LogP contribution in [0.2, 0.25) is 0 Å². The molecule has 1 aromatic rings. The Bertz CT molecular complexity index is 273. The molecule has 14 heavy (non-hydrogen) atoms. The monoisotopic (exact) mass is 193 g/mol. The van der Waals surface area contributed by atoms with Gasteiger partial charge in [0.15, 0.2) is 0 Å². The zero-order chi connectivity index (χ0) is 10.4. The number of para-hydroxylation sites is 1. The molecule has 2 heteroatoms. The molecule has 0 saturated heterocycles. The van der Waals surface area contributed by atoms with Crippen LogP contribution in [0.5, 0.6) is 0 Å². The molecule has 0 aliphatic heterocycles. The van der Waals surface area contributed by atoms with Crippen LogP contribution in [0.4, 0.5) is 5.69 Å². The summed E-state index contributed by atoms with van der Waals surface area (Å²) in [6.07, 6.45) is 2.31. The summed E-state index contributed by atoms with van der Waals surface area (Å²) in [5, 5.41) is 0. The van der Waals surface area contributed by atoms with Gasteiger partial charge in [-0.2, -0.15) is 0 Å². The van der Waals surface area contributed by atoms with Gasteiger partial charge in [0.1, 0.15) is 0 Å². The maximum Gasteiger partial charge on any atom is 0.0544 e. The SMILES string of the molecule is CCC(C)OCCc1ccccc1N. The van der Waals surface area contributed by atoms with Crippen LogP contribution in [0, 0.1) is 0 Å². The highest BCUT2D eigenvalue weighted by Crippen LogP contribution is 2.11. The van der Waals surface area contributed by atoms with Crippen LogP contribution in [0.15, 0.2) is 24.3 Å². The van der Waals surface area contributed by atoms with E-state index in [9.17, 15) is 0 Å². The van der Waals surface area contributed by atoms with Crippen LogP contribution >= 0.6 is 0 Å². The van der Waals surface area contributed by atoms with Gasteiger partial charge in [-0.15, -0.1) is 0 Å². The van der Waals surface area contributed by atoms with E-state index in [2.05, 4.69) is 19.9 Å². The molecule has 0 radical (unpaired) electrons. The molecule has 0 heterocycles. The number of rotatable bonds is 5. The number of nitrogens with two attached hydrogens (primary N) is 1. The highest BCUT2D eigenvalue weighted by molar-refractivity contribution is 5.46. The van der Waals surface area contributed by atoms with Crippen molar-refractivity contribution in [2.75, 3.05) is 12.3 Å². The third-order valence-corrected chi connectivity index (χ3v) is 2.40. The van der Waals surface area contributed by atoms with Gasteiger partial charge in [-0.05, 0) is 31.4 Å². The fraction of sp³-hybridized carbons (Fsp3) is 0.500. The average Bonchev–Trinajstić information content (AvgIpc) is 2.20. The Morgan fingerprint density at radius 3 is 2.71 bits per heavy atom. The van der Waals surface area contributed by atoms with Crippen LogP contribution in [0.1, 0.15) is 25.8 Å². The summed E-state index contributed by atoms with van der Waals surface area (Å²) in [7, 11) is 0. The lowest BCUT2D eigenvalue weighted by molar-refractivity contribution is 0.0660. The van der Waals surface area contributed by atoms with E-state index in [1.54, 1.807) is 0 Å². The topological polar surface area (TPSA) is 35.2 Å². The van der Waals surface area contributed by atoms with Crippen LogP contribution in [0.25, 0.3) is 0 Å². The van der Waals surface area contributed by atoms with Crippen LogP contribution in [-0.4, -0.2) is 12.7 Å². The minimum Gasteiger partial charge on any atom is -0.399 e. The third-order valence-electron chi connectivity index (χ3n) is 2.40. The summed E-state index contributed by atoms with van der Waals surface area (Å²) in [6, 6.07) is 7.94. The van der Waals surface area contributed by atoms with Crippen molar-refractivity contribution in [2.24, 2.45) is 0 Å². The van der Waals surface area contributed by atoms with Crippen molar-refractivity contribution in [3.8, 4) is 0 Å². The Balaban J connectivity index is 2.35. The van der Waals surface area contributed by atoms with E-state index >= 15 is 0 Å². The van der Waals surface area contributed by atoms with Crippen molar-refractivity contribution >= 4 is 5.69 Å². The number of benzene rings is 1. The number of nitrogen functional groups attached to an aromatic ring is 1. The van der Waals surface area contributed by atoms with E-state index in [-0.39, 0.29) is 0 Å². The summed E-state index contributed by atoms with van der Waals surface area (Å²) >= 11 is 0. The van der Waals surface area contributed by atoms with Crippen molar-refractivity contribution < 1.29 is 4.74 Å². The summed E-state index contributed by atoms with van der Waals surface area (Å²) in [6.45, 7) is 4.97. The minimum absolute atomic E-state index is 0.347. The molecule has 2 N–H and O–H groups in total. The predicted molar refractivity (Wildman–Crippen MR) is 60.3 cm³/mol. The van der Waals surface area contributed by atoms with Gasteiger partial charge in [0, 0.05) is 5.69 Å². The summed E-state index contributed by atoms with van der Waals surface area (Å²) in [4.78, 5) is 0. The van der Waals surface area contributed by atoms with E-state index in [0.29, 0.717) is 6.10 Å². The van der Waals surface area contributed by atoms with E-state index in [1.165, 1.54) is 5.56 Å². The molecule has 0 fully saturated rings. The fourth-order valence-corrected chi connectivity index (χ4v) is 1.25. The second-order valence-electron chi connectivity index (χ2n) is 3.54. The molecule has 2 nitrogen and oxygen atoms in total. The zero-order valence-corrected chi connectivity index (χ0v) is 8.99. The zero-order valence-electron chi connectivity index (χ0n) is 8.99. The molecule has 1 unspecified atom stereocenters. The Morgan fingerprint density at radius 1 is 1.36 bits per heavy atom. The maximum absolute atomic E-state index is 5.81. The molecule has 0 aliphatic carbocycles.